The van der Waals surface area contributed by atoms with Gasteiger partial charge in [0.1, 0.15) is 22.3 Å². The lowest BCUT2D eigenvalue weighted by molar-refractivity contribution is 0.102. The largest absolute Gasteiger partial charge is 0.321 e. The number of amides is 1. The highest BCUT2D eigenvalue weighted by molar-refractivity contribution is 7.84. The van der Waals surface area contributed by atoms with E-state index in [0.29, 0.717) is 10.6 Å². The van der Waals surface area contributed by atoms with Gasteiger partial charge in [0.25, 0.3) is 5.91 Å². The molecular weight excluding hydrogens is 366 g/mol. The van der Waals surface area contributed by atoms with Crippen LogP contribution in [0.3, 0.4) is 0 Å². The Balaban J connectivity index is 1.80. The lowest BCUT2D eigenvalue weighted by atomic mass is 10.2. The Morgan fingerprint density at radius 1 is 1.16 bits per heavy atom. The zero-order valence-electron chi connectivity index (χ0n) is 13.0. The highest BCUT2D eigenvalue weighted by Gasteiger charge is 2.15. The van der Waals surface area contributed by atoms with Crippen molar-refractivity contribution in [2.24, 2.45) is 0 Å². The molecule has 0 bridgehead atoms. The van der Waals surface area contributed by atoms with E-state index in [1.54, 1.807) is 18.2 Å². The maximum absolute atomic E-state index is 13.8. The van der Waals surface area contributed by atoms with Crippen LogP contribution >= 0.6 is 11.3 Å². The number of hydrogen-bond donors (Lipinski definition) is 1. The second-order valence-electron chi connectivity index (χ2n) is 5.07. The van der Waals surface area contributed by atoms with Crippen LogP contribution in [0.1, 0.15) is 10.5 Å². The standard InChI is InChI=1S/C17H12F2N2O2S2/c1-25(23)15-7-6-10(8-13(15)19)20-16(22)14-9-24-17(21-14)11-4-2-3-5-12(11)18/h2-9H,1H3,(H,20,22). The molecule has 1 aromatic heterocycles. The molecule has 0 saturated carbocycles. The second kappa shape index (κ2) is 7.20. The molecule has 2 aromatic carbocycles. The fraction of sp³-hybridized carbons (Fsp3) is 0.0588. The van der Waals surface area contributed by atoms with Crippen LogP contribution in [0.5, 0.6) is 0 Å². The van der Waals surface area contributed by atoms with Crippen LogP contribution in [0.2, 0.25) is 0 Å². The Morgan fingerprint density at radius 2 is 1.92 bits per heavy atom. The molecule has 0 aliphatic rings. The van der Waals surface area contributed by atoms with Gasteiger partial charge in [0.15, 0.2) is 0 Å². The molecule has 1 N–H and O–H groups in total. The highest BCUT2D eigenvalue weighted by atomic mass is 32.2. The van der Waals surface area contributed by atoms with Crippen LogP contribution in [-0.2, 0) is 10.8 Å². The topological polar surface area (TPSA) is 59.1 Å². The SMILES string of the molecule is CS(=O)c1ccc(NC(=O)c2csc(-c3ccccc3F)n2)cc1F. The third-order valence-corrected chi connectivity index (χ3v) is 5.17. The smallest absolute Gasteiger partial charge is 0.275 e. The fourth-order valence-electron chi connectivity index (χ4n) is 2.14. The first-order valence-corrected chi connectivity index (χ1v) is 9.54. The molecule has 0 spiro atoms. The van der Waals surface area contributed by atoms with Crippen molar-refractivity contribution < 1.29 is 17.8 Å². The maximum atomic E-state index is 13.8. The number of rotatable bonds is 4. The number of halogens is 2. The number of thiazole rings is 1. The van der Waals surface area contributed by atoms with Gasteiger partial charge in [0, 0.05) is 22.9 Å². The van der Waals surface area contributed by atoms with E-state index in [1.807, 2.05) is 0 Å². The van der Waals surface area contributed by atoms with Gasteiger partial charge < -0.3 is 5.32 Å². The van der Waals surface area contributed by atoms with E-state index in [1.165, 1.54) is 29.8 Å². The average molecular weight is 378 g/mol. The van der Waals surface area contributed by atoms with Gasteiger partial charge in [-0.05, 0) is 30.3 Å². The minimum Gasteiger partial charge on any atom is -0.321 e. The molecule has 1 amide bonds. The summed E-state index contributed by atoms with van der Waals surface area (Å²) in [6.07, 6.45) is 1.37. The highest BCUT2D eigenvalue weighted by Crippen LogP contribution is 2.26. The molecule has 0 radical (unpaired) electrons. The molecule has 1 unspecified atom stereocenters. The summed E-state index contributed by atoms with van der Waals surface area (Å²) in [6.45, 7) is 0. The predicted molar refractivity (Wildman–Crippen MR) is 94.2 cm³/mol. The van der Waals surface area contributed by atoms with Crippen LogP contribution < -0.4 is 5.32 Å². The van der Waals surface area contributed by atoms with Gasteiger partial charge in [0.2, 0.25) is 0 Å². The number of carbonyl (C=O) groups is 1. The van der Waals surface area contributed by atoms with Crippen LogP contribution in [0.4, 0.5) is 14.5 Å². The van der Waals surface area contributed by atoms with Crippen molar-refractivity contribution in [3.63, 3.8) is 0 Å². The summed E-state index contributed by atoms with van der Waals surface area (Å²) in [4.78, 5) is 16.4. The van der Waals surface area contributed by atoms with E-state index in [-0.39, 0.29) is 16.3 Å². The number of nitrogens with zero attached hydrogens (tertiary/aromatic N) is 1. The Bertz CT molecular complexity index is 973. The molecule has 0 aliphatic carbocycles. The van der Waals surface area contributed by atoms with Crippen LogP contribution in [0.15, 0.2) is 52.7 Å². The van der Waals surface area contributed by atoms with E-state index in [4.69, 9.17) is 0 Å². The molecule has 8 heteroatoms. The Labute approximate surface area is 149 Å². The van der Waals surface area contributed by atoms with Crippen molar-refractivity contribution in [3.8, 4) is 10.6 Å². The molecular formula is C17H12F2N2O2S2. The molecule has 1 atom stereocenters. The van der Waals surface area contributed by atoms with Crippen LogP contribution in [-0.4, -0.2) is 21.4 Å². The van der Waals surface area contributed by atoms with E-state index in [2.05, 4.69) is 10.3 Å². The molecule has 0 aliphatic heterocycles. The summed E-state index contributed by atoms with van der Waals surface area (Å²) >= 11 is 1.14. The van der Waals surface area contributed by atoms with E-state index >= 15 is 0 Å². The molecule has 0 fully saturated rings. The van der Waals surface area contributed by atoms with Crippen molar-refractivity contribution in [1.29, 1.82) is 0 Å². The summed E-state index contributed by atoms with van der Waals surface area (Å²) < 4.78 is 38.9. The van der Waals surface area contributed by atoms with Gasteiger partial charge in [-0.25, -0.2) is 13.8 Å². The van der Waals surface area contributed by atoms with Crippen molar-refractivity contribution >= 4 is 33.7 Å². The quantitative estimate of drug-likeness (QED) is 0.744. The third-order valence-electron chi connectivity index (χ3n) is 3.34. The number of benzene rings is 2. The van der Waals surface area contributed by atoms with Crippen LogP contribution in [0.25, 0.3) is 10.6 Å². The predicted octanol–water partition coefficient (Wildman–Crippen LogP) is 4.08. The molecule has 4 nitrogen and oxygen atoms in total. The minimum absolute atomic E-state index is 0.0634. The molecule has 1 heterocycles. The number of anilines is 1. The lowest BCUT2D eigenvalue weighted by Gasteiger charge is -2.05. The van der Waals surface area contributed by atoms with E-state index < -0.39 is 28.3 Å². The Kier molecular flexibility index (Phi) is 5.00. The average Bonchev–Trinajstić information content (AvgIpc) is 3.05. The second-order valence-corrected chi connectivity index (χ2v) is 7.28. The minimum atomic E-state index is -1.45. The molecule has 25 heavy (non-hydrogen) atoms. The van der Waals surface area contributed by atoms with Crippen molar-refractivity contribution in [2.75, 3.05) is 11.6 Å². The Hall–Kier alpha value is -2.45. The van der Waals surface area contributed by atoms with Crippen molar-refractivity contribution in [2.45, 2.75) is 4.90 Å². The van der Waals surface area contributed by atoms with Gasteiger partial charge in [-0.15, -0.1) is 11.3 Å². The first-order chi connectivity index (χ1) is 12.0. The zero-order chi connectivity index (χ0) is 18.0. The normalized spacial score (nSPS) is 12.0. The first kappa shape index (κ1) is 17.4. The number of nitrogens with one attached hydrogen (secondary N) is 1. The maximum Gasteiger partial charge on any atom is 0.275 e. The molecule has 0 saturated heterocycles. The molecule has 3 rings (SSSR count). The summed E-state index contributed by atoms with van der Waals surface area (Å²) in [6, 6.07) is 10.1. The monoisotopic (exact) mass is 378 g/mol. The summed E-state index contributed by atoms with van der Waals surface area (Å²) in [5, 5.41) is 4.40. The van der Waals surface area contributed by atoms with Gasteiger partial charge in [0.05, 0.1) is 15.7 Å². The zero-order valence-corrected chi connectivity index (χ0v) is 14.6. The fourth-order valence-corrected chi connectivity index (χ4v) is 3.56. The lowest BCUT2D eigenvalue weighted by Crippen LogP contribution is -2.12. The van der Waals surface area contributed by atoms with Gasteiger partial charge in [-0.3, -0.25) is 9.00 Å². The number of carbonyl (C=O) groups excluding carboxylic acids is 1. The number of aromatic nitrogens is 1. The van der Waals surface area contributed by atoms with Crippen LogP contribution in [0, 0.1) is 11.6 Å². The Morgan fingerprint density at radius 3 is 2.60 bits per heavy atom. The summed E-state index contributed by atoms with van der Waals surface area (Å²) in [7, 11) is -1.45. The first-order valence-electron chi connectivity index (χ1n) is 7.10. The van der Waals surface area contributed by atoms with Crippen molar-refractivity contribution in [1.82, 2.24) is 4.98 Å². The molecule has 3 aromatic rings. The van der Waals surface area contributed by atoms with Gasteiger partial charge in [-0.1, -0.05) is 12.1 Å². The van der Waals surface area contributed by atoms with E-state index in [0.717, 1.165) is 17.4 Å². The van der Waals surface area contributed by atoms with Crippen molar-refractivity contribution in [3.05, 3.63) is 65.2 Å². The van der Waals surface area contributed by atoms with Gasteiger partial charge in [-0.2, -0.15) is 0 Å². The van der Waals surface area contributed by atoms with E-state index in [9.17, 15) is 17.8 Å². The summed E-state index contributed by atoms with van der Waals surface area (Å²) in [5.74, 6) is -1.62. The summed E-state index contributed by atoms with van der Waals surface area (Å²) in [5.41, 5.74) is 0.635. The number of hydrogen-bond acceptors (Lipinski definition) is 4. The molecule has 128 valence electrons. The van der Waals surface area contributed by atoms with Gasteiger partial charge >= 0.3 is 0 Å². The third kappa shape index (κ3) is 3.80.